The molecule has 6 heteroatoms. The van der Waals surface area contributed by atoms with Crippen molar-refractivity contribution in [3.05, 3.63) is 101 Å². The molecule has 204 valence electrons. The average molecular weight is 528 g/mol. The Morgan fingerprint density at radius 1 is 0.821 bits per heavy atom. The summed E-state index contributed by atoms with van der Waals surface area (Å²) in [5.74, 6) is -0.173. The lowest BCUT2D eigenvalue weighted by Crippen LogP contribution is -2.31. The van der Waals surface area contributed by atoms with Crippen LogP contribution >= 0.6 is 0 Å². The molecule has 1 amide bonds. The summed E-state index contributed by atoms with van der Waals surface area (Å²) in [6, 6.07) is 23.6. The highest BCUT2D eigenvalue weighted by molar-refractivity contribution is 6.46. The molecule has 1 N–H and O–H groups in total. The zero-order valence-corrected chi connectivity index (χ0v) is 22.8. The molecule has 0 aromatic heterocycles. The van der Waals surface area contributed by atoms with E-state index in [0.29, 0.717) is 37.5 Å². The van der Waals surface area contributed by atoms with E-state index in [1.807, 2.05) is 60.7 Å². The number of benzene rings is 3. The van der Waals surface area contributed by atoms with Crippen molar-refractivity contribution in [2.75, 3.05) is 19.8 Å². The van der Waals surface area contributed by atoms with Crippen LogP contribution in [0.2, 0.25) is 0 Å². The zero-order valence-electron chi connectivity index (χ0n) is 22.8. The molecule has 1 unspecified atom stereocenters. The summed E-state index contributed by atoms with van der Waals surface area (Å²) in [4.78, 5) is 28.3. The number of nitrogens with zero attached hydrogens (tertiary/aromatic N) is 1. The molecule has 0 saturated carbocycles. The van der Waals surface area contributed by atoms with Crippen molar-refractivity contribution in [1.82, 2.24) is 4.90 Å². The summed E-state index contributed by atoms with van der Waals surface area (Å²) in [5, 5.41) is 11.4. The Kier molecular flexibility index (Phi) is 9.79. The van der Waals surface area contributed by atoms with Gasteiger partial charge in [0.25, 0.3) is 11.7 Å². The minimum Gasteiger partial charge on any atom is -0.507 e. The molecule has 1 saturated heterocycles. The van der Waals surface area contributed by atoms with Crippen LogP contribution in [-0.2, 0) is 16.0 Å². The minimum absolute atomic E-state index is 0.0819. The number of hydrogen-bond acceptors (Lipinski definition) is 5. The van der Waals surface area contributed by atoms with Crippen LogP contribution < -0.4 is 9.47 Å². The molecule has 3 aromatic rings. The van der Waals surface area contributed by atoms with Crippen LogP contribution in [0.3, 0.4) is 0 Å². The second-order valence-corrected chi connectivity index (χ2v) is 9.73. The van der Waals surface area contributed by atoms with Gasteiger partial charge in [0.1, 0.15) is 17.3 Å². The first-order valence-corrected chi connectivity index (χ1v) is 13.8. The predicted octanol–water partition coefficient (Wildman–Crippen LogP) is 6.71. The van der Waals surface area contributed by atoms with Crippen molar-refractivity contribution in [2.24, 2.45) is 0 Å². The second kappa shape index (κ2) is 13.7. The van der Waals surface area contributed by atoms with E-state index in [9.17, 15) is 14.7 Å². The topological polar surface area (TPSA) is 76.1 Å². The minimum atomic E-state index is -0.719. The molecule has 1 heterocycles. The summed E-state index contributed by atoms with van der Waals surface area (Å²) < 4.78 is 11.6. The molecular weight excluding hydrogens is 490 g/mol. The lowest BCUT2D eigenvalue weighted by Gasteiger charge is -2.25. The lowest BCUT2D eigenvalue weighted by atomic mass is 9.95. The first kappa shape index (κ1) is 28.0. The van der Waals surface area contributed by atoms with Crippen molar-refractivity contribution in [2.45, 2.75) is 52.0 Å². The standard InChI is InChI=1S/C33H37NO5/c1-3-5-21-38-27-17-15-25(16-18-27)30-29(31(35)26-13-10-14-28(23-26)39-22-6-4-2)32(36)33(37)34(30)20-19-24-11-8-7-9-12-24/h7-18,23,30,35H,3-6,19-22H2,1-2H3. The van der Waals surface area contributed by atoms with Gasteiger partial charge >= 0.3 is 0 Å². The van der Waals surface area contributed by atoms with Gasteiger partial charge in [-0.05, 0) is 54.7 Å². The highest BCUT2D eigenvalue weighted by Gasteiger charge is 2.45. The van der Waals surface area contributed by atoms with Crippen molar-refractivity contribution < 1.29 is 24.2 Å². The quantitative estimate of drug-likeness (QED) is 0.116. The fourth-order valence-electron chi connectivity index (χ4n) is 4.66. The molecule has 0 radical (unpaired) electrons. The zero-order chi connectivity index (χ0) is 27.6. The van der Waals surface area contributed by atoms with Gasteiger partial charge in [-0.3, -0.25) is 9.59 Å². The van der Waals surface area contributed by atoms with Crippen LogP contribution in [-0.4, -0.2) is 41.5 Å². The largest absolute Gasteiger partial charge is 0.507 e. The molecule has 1 aliphatic rings. The van der Waals surface area contributed by atoms with Crippen molar-refractivity contribution in [1.29, 1.82) is 0 Å². The summed E-state index contributed by atoms with van der Waals surface area (Å²) in [6.45, 7) is 5.73. The number of rotatable bonds is 13. The molecule has 0 bridgehead atoms. The van der Waals surface area contributed by atoms with Gasteiger partial charge in [0.05, 0.1) is 24.8 Å². The highest BCUT2D eigenvalue weighted by atomic mass is 16.5. The van der Waals surface area contributed by atoms with E-state index >= 15 is 0 Å². The van der Waals surface area contributed by atoms with Crippen LogP contribution in [0.25, 0.3) is 5.76 Å². The van der Waals surface area contributed by atoms with Crippen LogP contribution in [0, 0.1) is 0 Å². The third-order valence-corrected chi connectivity index (χ3v) is 6.86. The van der Waals surface area contributed by atoms with Gasteiger partial charge in [-0.1, -0.05) is 81.3 Å². The maximum absolute atomic E-state index is 13.4. The van der Waals surface area contributed by atoms with E-state index in [1.165, 1.54) is 0 Å². The fraction of sp³-hybridized carbons (Fsp3) is 0.333. The van der Waals surface area contributed by atoms with Gasteiger partial charge in [-0.15, -0.1) is 0 Å². The number of hydrogen-bond donors (Lipinski definition) is 1. The van der Waals surface area contributed by atoms with Crippen LogP contribution in [0.4, 0.5) is 0 Å². The molecule has 1 fully saturated rings. The van der Waals surface area contributed by atoms with Crippen molar-refractivity contribution >= 4 is 17.4 Å². The van der Waals surface area contributed by atoms with Gasteiger partial charge in [0.15, 0.2) is 0 Å². The van der Waals surface area contributed by atoms with Crippen molar-refractivity contribution in [3.8, 4) is 11.5 Å². The lowest BCUT2D eigenvalue weighted by molar-refractivity contribution is -0.139. The summed E-state index contributed by atoms with van der Waals surface area (Å²) in [5.41, 5.74) is 2.32. The van der Waals surface area contributed by atoms with Gasteiger partial charge in [-0.2, -0.15) is 0 Å². The number of ether oxygens (including phenoxy) is 2. The maximum atomic E-state index is 13.4. The summed E-state index contributed by atoms with van der Waals surface area (Å²) in [6.07, 6.45) is 4.51. The first-order chi connectivity index (χ1) is 19.0. The Morgan fingerprint density at radius 2 is 1.49 bits per heavy atom. The van der Waals surface area contributed by atoms with Gasteiger partial charge in [0.2, 0.25) is 0 Å². The van der Waals surface area contributed by atoms with Crippen LogP contribution in [0.5, 0.6) is 11.5 Å². The van der Waals surface area contributed by atoms with Gasteiger partial charge in [-0.25, -0.2) is 0 Å². The second-order valence-electron chi connectivity index (χ2n) is 9.73. The highest BCUT2D eigenvalue weighted by Crippen LogP contribution is 2.40. The summed E-state index contributed by atoms with van der Waals surface area (Å²) in [7, 11) is 0. The number of aliphatic hydroxyl groups is 1. The van der Waals surface area contributed by atoms with E-state index < -0.39 is 17.7 Å². The number of likely N-dealkylation sites (tertiary alicyclic amines) is 1. The van der Waals surface area contributed by atoms with Crippen LogP contribution in [0.1, 0.15) is 62.3 Å². The Balaban J connectivity index is 1.69. The molecule has 1 aliphatic heterocycles. The van der Waals surface area contributed by atoms with E-state index in [1.54, 1.807) is 23.1 Å². The molecule has 0 spiro atoms. The number of ketones is 1. The number of carbonyl (C=O) groups is 2. The molecule has 3 aromatic carbocycles. The third-order valence-electron chi connectivity index (χ3n) is 6.86. The van der Waals surface area contributed by atoms with Gasteiger partial charge in [0, 0.05) is 12.1 Å². The SMILES string of the molecule is CCCCOc1ccc(C2C(=C(O)c3cccc(OCCCC)c3)C(=O)C(=O)N2CCc2ccccc2)cc1. The molecule has 0 aliphatic carbocycles. The Bertz CT molecular complexity index is 1280. The van der Waals surface area contributed by atoms with E-state index in [-0.39, 0.29) is 11.3 Å². The van der Waals surface area contributed by atoms with Gasteiger partial charge < -0.3 is 19.5 Å². The van der Waals surface area contributed by atoms with Crippen LogP contribution in [0.15, 0.2) is 84.4 Å². The molecule has 1 atom stereocenters. The van der Waals surface area contributed by atoms with E-state index in [0.717, 1.165) is 42.6 Å². The predicted molar refractivity (Wildman–Crippen MR) is 153 cm³/mol. The third kappa shape index (κ3) is 6.88. The molecule has 4 rings (SSSR count). The normalized spacial score (nSPS) is 16.5. The van der Waals surface area contributed by atoms with E-state index in [4.69, 9.17) is 9.47 Å². The molecule has 39 heavy (non-hydrogen) atoms. The maximum Gasteiger partial charge on any atom is 0.295 e. The van der Waals surface area contributed by atoms with E-state index in [2.05, 4.69) is 13.8 Å². The Labute approximate surface area is 230 Å². The number of unbranched alkanes of at least 4 members (excludes halogenated alkanes) is 2. The smallest absolute Gasteiger partial charge is 0.295 e. The number of aliphatic hydroxyl groups excluding tert-OH is 1. The number of amides is 1. The molecule has 6 nitrogen and oxygen atoms in total. The number of Topliss-reactive ketones (excluding diaryl/α,β-unsaturated/α-hetero) is 1. The molecular formula is C33H37NO5. The Morgan fingerprint density at radius 3 is 2.15 bits per heavy atom. The summed E-state index contributed by atoms with van der Waals surface area (Å²) >= 11 is 0. The number of carbonyl (C=O) groups excluding carboxylic acids is 2. The first-order valence-electron chi connectivity index (χ1n) is 13.8. The van der Waals surface area contributed by atoms with Crippen molar-refractivity contribution in [3.63, 3.8) is 0 Å². The fourth-order valence-corrected chi connectivity index (χ4v) is 4.66. The monoisotopic (exact) mass is 527 g/mol. The Hall–Kier alpha value is -4.06. The average Bonchev–Trinajstić information content (AvgIpc) is 3.22.